The molecule has 0 radical (unpaired) electrons. The zero-order valence-corrected chi connectivity index (χ0v) is 19.2. The number of esters is 1. The number of amides is 1. The molecule has 1 N–H and O–H groups in total. The maximum atomic E-state index is 13.2. The Hall–Kier alpha value is -3.24. The minimum atomic E-state index is -0.517. The van der Waals surface area contributed by atoms with Gasteiger partial charge in [0.25, 0.3) is 5.91 Å². The molecule has 1 aliphatic rings. The summed E-state index contributed by atoms with van der Waals surface area (Å²) in [6.07, 6.45) is 2.60. The van der Waals surface area contributed by atoms with Gasteiger partial charge in [-0.3, -0.25) is 9.78 Å². The number of thiophene rings is 1. The van der Waals surface area contributed by atoms with Gasteiger partial charge in [-0.2, -0.15) is 5.26 Å². The van der Waals surface area contributed by atoms with Crippen molar-refractivity contribution in [2.24, 2.45) is 11.3 Å². The largest absolute Gasteiger partial charge is 0.452 e. The monoisotopic (exact) mass is 447 g/mol. The molecule has 0 fully saturated rings. The van der Waals surface area contributed by atoms with E-state index in [-0.39, 0.29) is 5.41 Å². The van der Waals surface area contributed by atoms with E-state index in [4.69, 9.17) is 15.0 Å². The Morgan fingerprint density at radius 3 is 2.81 bits per heavy atom. The number of nitrogens with one attached hydrogen (secondary N) is 1. The normalized spacial score (nSPS) is 15.6. The first-order valence-corrected chi connectivity index (χ1v) is 11.5. The number of nitrogens with zero attached hydrogens (tertiary/aromatic N) is 2. The van der Waals surface area contributed by atoms with Crippen LogP contribution in [0.3, 0.4) is 0 Å². The highest BCUT2D eigenvalue weighted by Gasteiger charge is 2.33. The van der Waals surface area contributed by atoms with Crippen molar-refractivity contribution in [3.8, 4) is 6.07 Å². The van der Waals surface area contributed by atoms with Crippen LogP contribution in [-0.2, 0) is 22.4 Å². The fourth-order valence-electron chi connectivity index (χ4n) is 4.22. The van der Waals surface area contributed by atoms with E-state index in [0.717, 1.165) is 41.4 Å². The molecule has 1 atom stereocenters. The van der Waals surface area contributed by atoms with Crippen molar-refractivity contribution in [3.05, 3.63) is 58.1 Å². The Labute approximate surface area is 191 Å². The van der Waals surface area contributed by atoms with E-state index in [0.29, 0.717) is 22.0 Å². The molecule has 7 heteroatoms. The summed E-state index contributed by atoms with van der Waals surface area (Å²) in [4.78, 5) is 30.4. The molecule has 1 amide bonds. The van der Waals surface area contributed by atoms with E-state index in [2.05, 4.69) is 26.1 Å². The fourth-order valence-corrected chi connectivity index (χ4v) is 4.97. The fraction of sp³-hybridized carbons (Fsp3) is 0.360. The molecule has 2 heterocycles. The van der Waals surface area contributed by atoms with Crippen LogP contribution in [0.2, 0.25) is 0 Å². The number of anilines is 1. The number of hydrogen-bond donors (Lipinski definition) is 1. The third-order valence-corrected chi connectivity index (χ3v) is 6.89. The highest BCUT2D eigenvalue weighted by atomic mass is 32.1. The predicted octanol–water partition coefficient (Wildman–Crippen LogP) is 5.11. The number of pyridine rings is 1. The zero-order valence-electron chi connectivity index (χ0n) is 18.4. The maximum Gasteiger partial charge on any atom is 0.339 e. The van der Waals surface area contributed by atoms with E-state index in [1.807, 2.05) is 30.3 Å². The lowest BCUT2D eigenvalue weighted by Crippen LogP contribution is -2.29. The summed E-state index contributed by atoms with van der Waals surface area (Å²) in [6.45, 7) is 6.24. The molecule has 0 aliphatic heterocycles. The topological polar surface area (TPSA) is 92.1 Å². The SMILES string of the molecule is CC(C)(C)C1CCc2nc3ccccc3c(C(=O)OCC(=O)Nc3sccc3C#N)c2C1. The second-order valence-corrected chi connectivity index (χ2v) is 10.1. The third-order valence-electron chi connectivity index (χ3n) is 6.06. The Balaban J connectivity index is 1.61. The standard InChI is InChI=1S/C25H25N3O3S/c1-25(2,3)16-8-9-20-18(12-16)22(17-6-4-5-7-19(17)27-20)24(30)31-14-21(29)28-23-15(13-26)10-11-32-23/h4-7,10-11,16H,8-9,12,14H2,1-3H3,(H,28,29). The molecule has 164 valence electrons. The van der Waals surface area contributed by atoms with E-state index in [1.54, 1.807) is 11.4 Å². The Morgan fingerprint density at radius 1 is 1.28 bits per heavy atom. The van der Waals surface area contributed by atoms with Crippen molar-refractivity contribution < 1.29 is 14.3 Å². The van der Waals surface area contributed by atoms with Gasteiger partial charge in [0.15, 0.2) is 6.61 Å². The van der Waals surface area contributed by atoms with Crippen molar-refractivity contribution in [3.63, 3.8) is 0 Å². The number of benzene rings is 1. The molecule has 6 nitrogen and oxygen atoms in total. The van der Waals surface area contributed by atoms with Gasteiger partial charge in [0.1, 0.15) is 11.1 Å². The van der Waals surface area contributed by atoms with Gasteiger partial charge >= 0.3 is 5.97 Å². The molecular formula is C25H25N3O3S. The summed E-state index contributed by atoms with van der Waals surface area (Å²) < 4.78 is 5.45. The lowest BCUT2D eigenvalue weighted by atomic mass is 9.70. The van der Waals surface area contributed by atoms with Gasteiger partial charge in [0.2, 0.25) is 0 Å². The number of hydrogen-bond acceptors (Lipinski definition) is 6. The molecule has 0 saturated carbocycles. The zero-order chi connectivity index (χ0) is 22.9. The average molecular weight is 448 g/mol. The number of aryl methyl sites for hydroxylation is 1. The number of carbonyl (C=O) groups excluding carboxylic acids is 2. The first kappa shape index (κ1) is 22.0. The van der Waals surface area contributed by atoms with Gasteiger partial charge in [-0.15, -0.1) is 11.3 Å². The van der Waals surface area contributed by atoms with Crippen molar-refractivity contribution in [2.45, 2.75) is 40.0 Å². The van der Waals surface area contributed by atoms with Crippen LogP contribution in [0.5, 0.6) is 0 Å². The number of nitriles is 1. The lowest BCUT2D eigenvalue weighted by Gasteiger charge is -2.35. The molecule has 3 aromatic rings. The van der Waals surface area contributed by atoms with Gasteiger partial charge in [-0.1, -0.05) is 39.0 Å². The highest BCUT2D eigenvalue weighted by Crippen LogP contribution is 2.39. The number of aromatic nitrogens is 1. The van der Waals surface area contributed by atoms with Gasteiger partial charge in [0.05, 0.1) is 16.6 Å². The molecule has 2 aromatic heterocycles. The molecule has 1 aliphatic carbocycles. The number of fused-ring (bicyclic) bond motifs is 2. The van der Waals surface area contributed by atoms with Crippen LogP contribution in [0.4, 0.5) is 5.00 Å². The highest BCUT2D eigenvalue weighted by molar-refractivity contribution is 7.14. The Bertz CT molecular complexity index is 1230. The molecule has 0 saturated heterocycles. The molecule has 32 heavy (non-hydrogen) atoms. The number of carbonyl (C=O) groups is 2. The van der Waals surface area contributed by atoms with Crippen molar-refractivity contribution in [1.29, 1.82) is 5.26 Å². The number of para-hydroxylation sites is 1. The first-order valence-electron chi connectivity index (χ1n) is 10.6. The molecule has 0 spiro atoms. The summed E-state index contributed by atoms with van der Waals surface area (Å²) in [6, 6.07) is 11.2. The lowest BCUT2D eigenvalue weighted by molar-refractivity contribution is -0.119. The van der Waals surface area contributed by atoms with Crippen LogP contribution in [0.15, 0.2) is 35.7 Å². The van der Waals surface area contributed by atoms with E-state index in [9.17, 15) is 9.59 Å². The first-order chi connectivity index (χ1) is 15.3. The molecule has 1 aromatic carbocycles. The summed E-state index contributed by atoms with van der Waals surface area (Å²) in [5.74, 6) is -0.565. The third kappa shape index (κ3) is 4.37. The smallest absolute Gasteiger partial charge is 0.339 e. The average Bonchev–Trinajstić information content (AvgIpc) is 3.21. The number of rotatable bonds is 4. The van der Waals surface area contributed by atoms with Crippen LogP contribution < -0.4 is 5.32 Å². The summed E-state index contributed by atoms with van der Waals surface area (Å²) >= 11 is 1.25. The van der Waals surface area contributed by atoms with Crippen LogP contribution >= 0.6 is 11.3 Å². The summed E-state index contributed by atoms with van der Waals surface area (Å²) in [5, 5.41) is 14.7. The van der Waals surface area contributed by atoms with Crippen molar-refractivity contribution in [2.75, 3.05) is 11.9 Å². The van der Waals surface area contributed by atoms with Crippen LogP contribution in [0.25, 0.3) is 10.9 Å². The Kier molecular flexibility index (Phi) is 5.98. The van der Waals surface area contributed by atoms with E-state index >= 15 is 0 Å². The second-order valence-electron chi connectivity index (χ2n) is 9.13. The summed E-state index contributed by atoms with van der Waals surface area (Å²) in [5.41, 5.74) is 3.65. The van der Waals surface area contributed by atoms with Gasteiger partial charge in [0, 0.05) is 11.1 Å². The maximum absolute atomic E-state index is 13.2. The van der Waals surface area contributed by atoms with Crippen LogP contribution in [0.1, 0.15) is 54.4 Å². The quantitative estimate of drug-likeness (QED) is 0.561. The van der Waals surface area contributed by atoms with Gasteiger partial charge in [-0.05, 0) is 53.7 Å². The molecule has 0 bridgehead atoms. The van der Waals surface area contributed by atoms with Crippen LogP contribution in [-0.4, -0.2) is 23.5 Å². The van der Waals surface area contributed by atoms with E-state index < -0.39 is 18.5 Å². The number of ether oxygens (including phenoxy) is 1. The van der Waals surface area contributed by atoms with Crippen molar-refractivity contribution >= 4 is 39.1 Å². The minimum absolute atomic E-state index is 0.115. The Morgan fingerprint density at radius 2 is 2.06 bits per heavy atom. The van der Waals surface area contributed by atoms with Gasteiger partial charge < -0.3 is 10.1 Å². The minimum Gasteiger partial charge on any atom is -0.452 e. The van der Waals surface area contributed by atoms with Gasteiger partial charge in [-0.25, -0.2) is 4.79 Å². The summed E-state index contributed by atoms with van der Waals surface area (Å²) in [7, 11) is 0. The predicted molar refractivity (Wildman–Crippen MR) is 125 cm³/mol. The molecule has 1 unspecified atom stereocenters. The molecule has 4 rings (SSSR count). The second kappa shape index (κ2) is 8.71. The van der Waals surface area contributed by atoms with E-state index in [1.165, 1.54) is 11.3 Å². The van der Waals surface area contributed by atoms with Crippen LogP contribution in [0, 0.1) is 22.7 Å². The van der Waals surface area contributed by atoms with Crippen molar-refractivity contribution in [1.82, 2.24) is 4.98 Å². The molecular weight excluding hydrogens is 422 g/mol.